The maximum Gasteiger partial charge on any atom is 0.417 e. The van der Waals surface area contributed by atoms with Gasteiger partial charge in [-0.2, -0.15) is 26.3 Å². The number of rotatable bonds is 1. The van der Waals surface area contributed by atoms with Crippen molar-refractivity contribution in [2.45, 2.75) is 12.4 Å². The Morgan fingerprint density at radius 2 is 1.42 bits per heavy atom. The Hall–Kier alpha value is -1.44. The van der Waals surface area contributed by atoms with Crippen LogP contribution in [0.5, 0.6) is 0 Å². The summed E-state index contributed by atoms with van der Waals surface area (Å²) in [5.41, 5.74) is -4.37. The molecular formula is C10H5ClF6O2. The van der Waals surface area contributed by atoms with Crippen LogP contribution >= 0.6 is 11.6 Å². The standard InChI is InChI=1S/C10H5ClF6O2/c1-19-8(18)4-2-5(9(12,13)14)7(11)6(3-4)10(15,16)17/h2-3H,1H3. The predicted octanol–water partition coefficient (Wildman–Crippen LogP) is 4.16. The van der Waals surface area contributed by atoms with E-state index in [0.29, 0.717) is 0 Å². The second-order valence-corrected chi connectivity index (χ2v) is 3.75. The van der Waals surface area contributed by atoms with E-state index in [9.17, 15) is 31.1 Å². The lowest BCUT2D eigenvalue weighted by Crippen LogP contribution is -2.15. The molecule has 1 aromatic carbocycles. The van der Waals surface area contributed by atoms with Crippen molar-refractivity contribution in [1.82, 2.24) is 0 Å². The topological polar surface area (TPSA) is 26.3 Å². The van der Waals surface area contributed by atoms with Crippen molar-refractivity contribution in [1.29, 1.82) is 0 Å². The van der Waals surface area contributed by atoms with E-state index >= 15 is 0 Å². The first kappa shape index (κ1) is 15.6. The normalized spacial score (nSPS) is 12.4. The van der Waals surface area contributed by atoms with Crippen LogP contribution in [-0.4, -0.2) is 13.1 Å². The fourth-order valence-corrected chi connectivity index (χ4v) is 1.60. The Labute approximate surface area is 107 Å². The zero-order chi connectivity index (χ0) is 15.0. The first-order valence-corrected chi connectivity index (χ1v) is 4.92. The lowest BCUT2D eigenvalue weighted by Gasteiger charge is -2.16. The van der Waals surface area contributed by atoms with Gasteiger partial charge in [0.25, 0.3) is 0 Å². The summed E-state index contributed by atoms with van der Waals surface area (Å²) in [6.45, 7) is 0. The molecule has 0 radical (unpaired) electrons. The Bertz CT molecular complexity index is 471. The first-order valence-electron chi connectivity index (χ1n) is 4.54. The van der Waals surface area contributed by atoms with E-state index in [2.05, 4.69) is 4.74 Å². The van der Waals surface area contributed by atoms with Gasteiger partial charge in [0, 0.05) is 0 Å². The minimum atomic E-state index is -5.12. The number of hydrogen-bond acceptors (Lipinski definition) is 2. The third-order valence-electron chi connectivity index (χ3n) is 2.10. The number of methoxy groups -OCH3 is 1. The van der Waals surface area contributed by atoms with Gasteiger partial charge < -0.3 is 4.74 Å². The van der Waals surface area contributed by atoms with Gasteiger partial charge in [-0.3, -0.25) is 0 Å². The zero-order valence-electron chi connectivity index (χ0n) is 9.12. The van der Waals surface area contributed by atoms with Crippen molar-refractivity contribution >= 4 is 17.6 Å². The number of benzene rings is 1. The van der Waals surface area contributed by atoms with Gasteiger partial charge in [-0.1, -0.05) is 11.6 Å². The number of carbonyl (C=O) groups is 1. The third kappa shape index (κ3) is 3.31. The van der Waals surface area contributed by atoms with Crippen LogP contribution < -0.4 is 0 Å². The maximum absolute atomic E-state index is 12.6. The Balaban J connectivity index is 3.62. The molecule has 0 amide bonds. The van der Waals surface area contributed by atoms with Gasteiger partial charge in [0.15, 0.2) is 0 Å². The number of esters is 1. The fourth-order valence-electron chi connectivity index (χ4n) is 1.27. The highest BCUT2D eigenvalue weighted by Crippen LogP contribution is 2.42. The van der Waals surface area contributed by atoms with Gasteiger partial charge in [0.05, 0.1) is 28.8 Å². The molecule has 0 aliphatic rings. The van der Waals surface area contributed by atoms with Gasteiger partial charge >= 0.3 is 18.3 Å². The van der Waals surface area contributed by atoms with Crippen LogP contribution in [0.25, 0.3) is 0 Å². The van der Waals surface area contributed by atoms with E-state index in [4.69, 9.17) is 11.6 Å². The van der Waals surface area contributed by atoms with E-state index < -0.39 is 40.0 Å². The lowest BCUT2D eigenvalue weighted by atomic mass is 10.0. The molecule has 1 aromatic rings. The predicted molar refractivity (Wildman–Crippen MR) is 52.8 cm³/mol. The summed E-state index contributed by atoms with van der Waals surface area (Å²) in [6, 6.07) is 0.423. The van der Waals surface area contributed by atoms with Crippen LogP contribution in [0.1, 0.15) is 21.5 Å². The van der Waals surface area contributed by atoms with Crippen molar-refractivity contribution < 1.29 is 35.9 Å². The molecule has 0 aliphatic heterocycles. The van der Waals surface area contributed by atoms with Crippen LogP contribution in [0.3, 0.4) is 0 Å². The van der Waals surface area contributed by atoms with E-state index in [1.165, 1.54) is 0 Å². The molecular weight excluding hydrogens is 302 g/mol. The van der Waals surface area contributed by atoms with Crippen LogP contribution in [0.4, 0.5) is 26.3 Å². The van der Waals surface area contributed by atoms with Crippen molar-refractivity contribution in [2.24, 2.45) is 0 Å². The molecule has 0 heterocycles. The van der Waals surface area contributed by atoms with Crippen LogP contribution in [-0.2, 0) is 17.1 Å². The lowest BCUT2D eigenvalue weighted by molar-refractivity contribution is -0.142. The Morgan fingerprint density at radius 3 is 1.68 bits per heavy atom. The van der Waals surface area contributed by atoms with E-state index in [1.807, 2.05) is 0 Å². The molecule has 0 bridgehead atoms. The first-order chi connectivity index (χ1) is 8.48. The summed E-state index contributed by atoms with van der Waals surface area (Å²) in [7, 11) is 0.831. The molecule has 0 fully saturated rings. The molecule has 0 saturated heterocycles. The number of ether oxygens (including phenoxy) is 1. The zero-order valence-corrected chi connectivity index (χ0v) is 9.87. The average molecular weight is 307 g/mol. The molecule has 19 heavy (non-hydrogen) atoms. The van der Waals surface area contributed by atoms with Crippen molar-refractivity contribution in [2.75, 3.05) is 7.11 Å². The smallest absolute Gasteiger partial charge is 0.417 e. The van der Waals surface area contributed by atoms with Crippen LogP contribution in [0.2, 0.25) is 5.02 Å². The third-order valence-corrected chi connectivity index (χ3v) is 2.51. The summed E-state index contributed by atoms with van der Waals surface area (Å²) in [4.78, 5) is 11.1. The van der Waals surface area contributed by atoms with Crippen LogP contribution in [0.15, 0.2) is 12.1 Å². The van der Waals surface area contributed by atoms with Crippen molar-refractivity contribution in [3.8, 4) is 0 Å². The van der Waals surface area contributed by atoms with E-state index in [-0.39, 0.29) is 12.1 Å². The molecule has 106 valence electrons. The molecule has 1 rings (SSSR count). The molecule has 0 atom stereocenters. The highest BCUT2D eigenvalue weighted by molar-refractivity contribution is 6.32. The molecule has 0 aliphatic carbocycles. The molecule has 0 saturated carbocycles. The van der Waals surface area contributed by atoms with Gasteiger partial charge in [0.1, 0.15) is 0 Å². The molecule has 0 unspecified atom stereocenters. The number of halogens is 7. The van der Waals surface area contributed by atoms with Crippen molar-refractivity contribution in [3.05, 3.63) is 33.8 Å². The largest absolute Gasteiger partial charge is 0.465 e. The number of carbonyl (C=O) groups excluding carboxylic acids is 1. The average Bonchev–Trinajstić information content (AvgIpc) is 2.25. The quantitative estimate of drug-likeness (QED) is 0.575. The van der Waals surface area contributed by atoms with Gasteiger partial charge in [-0.05, 0) is 12.1 Å². The van der Waals surface area contributed by atoms with Gasteiger partial charge in [0.2, 0.25) is 0 Å². The summed E-state index contributed by atoms with van der Waals surface area (Å²) >= 11 is 5.11. The minimum absolute atomic E-state index is 0.212. The molecule has 9 heteroatoms. The minimum Gasteiger partial charge on any atom is -0.465 e. The molecule has 0 N–H and O–H groups in total. The highest BCUT2D eigenvalue weighted by atomic mass is 35.5. The van der Waals surface area contributed by atoms with E-state index in [0.717, 1.165) is 7.11 Å². The monoisotopic (exact) mass is 306 g/mol. The van der Waals surface area contributed by atoms with Gasteiger partial charge in [-0.15, -0.1) is 0 Å². The Kier molecular flexibility index (Phi) is 4.04. The Morgan fingerprint density at radius 1 is 1.05 bits per heavy atom. The molecule has 0 aromatic heterocycles. The van der Waals surface area contributed by atoms with Crippen LogP contribution in [0, 0.1) is 0 Å². The second-order valence-electron chi connectivity index (χ2n) is 3.37. The number of alkyl halides is 6. The summed E-state index contributed by atoms with van der Waals surface area (Å²) < 4.78 is 79.5. The highest BCUT2D eigenvalue weighted by Gasteiger charge is 2.41. The van der Waals surface area contributed by atoms with E-state index in [1.54, 1.807) is 0 Å². The maximum atomic E-state index is 12.6. The fraction of sp³-hybridized carbons (Fsp3) is 0.300. The molecule has 0 spiro atoms. The van der Waals surface area contributed by atoms with Crippen molar-refractivity contribution in [3.63, 3.8) is 0 Å². The summed E-state index contributed by atoms with van der Waals surface area (Å²) in [6.07, 6.45) is -10.2. The summed E-state index contributed by atoms with van der Waals surface area (Å²) in [5, 5.41) is -1.51. The molecule has 2 nitrogen and oxygen atoms in total. The SMILES string of the molecule is COC(=O)c1cc(C(F)(F)F)c(Cl)c(C(F)(F)F)c1. The summed E-state index contributed by atoms with van der Waals surface area (Å²) in [5.74, 6) is -1.33. The second kappa shape index (κ2) is 4.92. The number of hydrogen-bond donors (Lipinski definition) is 0. The van der Waals surface area contributed by atoms with Gasteiger partial charge in [-0.25, -0.2) is 4.79 Å².